The highest BCUT2D eigenvalue weighted by Crippen LogP contribution is 2.27. The van der Waals surface area contributed by atoms with Crippen molar-refractivity contribution in [3.8, 4) is 5.88 Å². The fourth-order valence-electron chi connectivity index (χ4n) is 1.60. The Kier molecular flexibility index (Phi) is 3.99. The first-order chi connectivity index (χ1) is 8.93. The Morgan fingerprint density at radius 1 is 1.42 bits per heavy atom. The van der Waals surface area contributed by atoms with Crippen LogP contribution in [-0.4, -0.2) is 32.2 Å². The summed E-state index contributed by atoms with van der Waals surface area (Å²) in [6.45, 7) is 9.02. The van der Waals surface area contributed by atoms with Crippen LogP contribution in [0, 0.1) is 5.41 Å². The van der Waals surface area contributed by atoms with Crippen LogP contribution >= 0.6 is 12.6 Å². The van der Waals surface area contributed by atoms with Crippen molar-refractivity contribution in [1.82, 2.24) is 19.8 Å². The Morgan fingerprint density at radius 3 is 2.79 bits per heavy atom. The maximum atomic E-state index is 5.88. The molecule has 2 heterocycles. The third kappa shape index (κ3) is 3.18. The van der Waals surface area contributed by atoms with E-state index in [9.17, 15) is 0 Å². The molecule has 0 saturated carbocycles. The summed E-state index contributed by atoms with van der Waals surface area (Å²) in [4.78, 5) is 4.15. The number of ether oxygens (including phenoxy) is 1. The fraction of sp³-hybridized carbons (Fsp3) is 0.615. The van der Waals surface area contributed by atoms with Gasteiger partial charge in [0.25, 0.3) is 0 Å². The van der Waals surface area contributed by atoms with Crippen LogP contribution in [0.2, 0.25) is 0 Å². The molecule has 0 radical (unpaired) electrons. The zero-order chi connectivity index (χ0) is 14.0. The van der Waals surface area contributed by atoms with Crippen LogP contribution in [0.5, 0.6) is 5.88 Å². The molecule has 2 aromatic heterocycles. The van der Waals surface area contributed by atoms with E-state index >= 15 is 0 Å². The van der Waals surface area contributed by atoms with Gasteiger partial charge in [-0.3, -0.25) is 0 Å². The lowest BCUT2D eigenvalue weighted by atomic mass is 9.98. The molecule has 0 fully saturated rings. The van der Waals surface area contributed by atoms with E-state index in [1.165, 1.54) is 11.0 Å². The van der Waals surface area contributed by atoms with Crippen molar-refractivity contribution in [2.24, 2.45) is 5.41 Å². The Labute approximate surface area is 118 Å². The number of hydrogen-bond donors (Lipinski definition) is 1. The van der Waals surface area contributed by atoms with E-state index in [1.807, 2.05) is 6.07 Å². The molecule has 104 valence electrons. The van der Waals surface area contributed by atoms with E-state index in [4.69, 9.17) is 4.74 Å². The molecular weight excluding hydrogens is 260 g/mol. The molecule has 0 aliphatic heterocycles. The number of fused-ring (bicyclic) bond motifs is 1. The van der Waals surface area contributed by atoms with Crippen molar-refractivity contribution in [2.45, 2.75) is 33.6 Å². The lowest BCUT2D eigenvalue weighted by Gasteiger charge is -2.23. The molecule has 0 atom stereocenters. The van der Waals surface area contributed by atoms with Crippen LogP contribution in [0.15, 0.2) is 12.4 Å². The fourth-order valence-corrected chi connectivity index (χ4v) is 1.69. The molecule has 5 nitrogen and oxygen atoms in total. The normalized spacial score (nSPS) is 12.3. The maximum absolute atomic E-state index is 5.88. The zero-order valence-corrected chi connectivity index (χ0v) is 12.7. The molecule has 2 aromatic rings. The molecule has 0 unspecified atom stereocenters. The first-order valence-electron chi connectivity index (χ1n) is 6.37. The van der Waals surface area contributed by atoms with Gasteiger partial charge in [0.1, 0.15) is 6.33 Å². The Bertz CT molecular complexity index is 565. The summed E-state index contributed by atoms with van der Waals surface area (Å²) in [7, 11) is 0. The number of aromatic nitrogens is 4. The zero-order valence-electron chi connectivity index (χ0n) is 11.8. The van der Waals surface area contributed by atoms with Crippen molar-refractivity contribution >= 4 is 18.3 Å². The van der Waals surface area contributed by atoms with Gasteiger partial charge in [-0.2, -0.15) is 12.6 Å². The largest absolute Gasteiger partial charge is 0.476 e. The lowest BCUT2D eigenvalue weighted by Crippen LogP contribution is -2.24. The van der Waals surface area contributed by atoms with Crippen molar-refractivity contribution < 1.29 is 4.74 Å². The van der Waals surface area contributed by atoms with Gasteiger partial charge < -0.3 is 4.74 Å². The molecule has 0 saturated heterocycles. The van der Waals surface area contributed by atoms with Gasteiger partial charge in [0.2, 0.25) is 5.88 Å². The van der Waals surface area contributed by atoms with Crippen LogP contribution < -0.4 is 4.74 Å². The standard InChI is InChI=1S/C13H20N4OS/c1-9(2)10-5-11-14-8-15-17(11)16-12(10)18-6-13(3,4)7-19/h5,8-9,19H,6-7H2,1-4H3. The predicted octanol–water partition coefficient (Wildman–Crippen LogP) is 2.58. The lowest BCUT2D eigenvalue weighted by molar-refractivity contribution is 0.190. The van der Waals surface area contributed by atoms with Gasteiger partial charge in [0, 0.05) is 11.0 Å². The van der Waals surface area contributed by atoms with Crippen LogP contribution in [0.3, 0.4) is 0 Å². The molecule has 2 rings (SSSR count). The third-order valence-electron chi connectivity index (χ3n) is 2.92. The number of rotatable bonds is 5. The molecule has 0 N–H and O–H groups in total. The van der Waals surface area contributed by atoms with E-state index in [0.717, 1.165) is 17.0 Å². The van der Waals surface area contributed by atoms with Crippen molar-refractivity contribution in [3.63, 3.8) is 0 Å². The first kappa shape index (κ1) is 14.1. The number of nitrogens with zero attached hydrogens (tertiary/aromatic N) is 4. The van der Waals surface area contributed by atoms with Crippen LogP contribution in [0.25, 0.3) is 5.65 Å². The molecule has 0 bridgehead atoms. The van der Waals surface area contributed by atoms with Gasteiger partial charge in [0.15, 0.2) is 5.65 Å². The van der Waals surface area contributed by atoms with E-state index in [2.05, 4.69) is 55.5 Å². The van der Waals surface area contributed by atoms with Gasteiger partial charge >= 0.3 is 0 Å². The van der Waals surface area contributed by atoms with Gasteiger partial charge in [-0.25, -0.2) is 4.98 Å². The van der Waals surface area contributed by atoms with Crippen LogP contribution in [-0.2, 0) is 0 Å². The minimum Gasteiger partial charge on any atom is -0.476 e. The minimum absolute atomic E-state index is 0.0103. The van der Waals surface area contributed by atoms with Crippen LogP contribution in [0.1, 0.15) is 39.2 Å². The van der Waals surface area contributed by atoms with Crippen LogP contribution in [0.4, 0.5) is 0 Å². The quantitative estimate of drug-likeness (QED) is 0.855. The summed E-state index contributed by atoms with van der Waals surface area (Å²) in [5, 5.41) is 8.43. The highest BCUT2D eigenvalue weighted by Gasteiger charge is 2.19. The maximum Gasteiger partial charge on any atom is 0.237 e. The Hall–Kier alpha value is -1.30. The molecular formula is C13H20N4OS. The summed E-state index contributed by atoms with van der Waals surface area (Å²) in [6, 6.07) is 1.98. The van der Waals surface area contributed by atoms with Gasteiger partial charge in [0.05, 0.1) is 6.61 Å². The molecule has 19 heavy (non-hydrogen) atoms. The highest BCUT2D eigenvalue weighted by molar-refractivity contribution is 7.80. The van der Waals surface area contributed by atoms with Crippen molar-refractivity contribution in [3.05, 3.63) is 18.0 Å². The monoisotopic (exact) mass is 280 g/mol. The summed E-state index contributed by atoms with van der Waals surface area (Å²) in [5.41, 5.74) is 1.80. The second-order valence-electron chi connectivity index (χ2n) is 5.78. The molecule has 6 heteroatoms. The topological polar surface area (TPSA) is 52.3 Å². The SMILES string of the molecule is CC(C)c1cc2ncnn2nc1OCC(C)(C)CS. The smallest absolute Gasteiger partial charge is 0.237 e. The van der Waals surface area contributed by atoms with Gasteiger partial charge in [-0.05, 0) is 17.7 Å². The number of thiol groups is 1. The molecule has 0 amide bonds. The average molecular weight is 280 g/mol. The predicted molar refractivity (Wildman–Crippen MR) is 78.0 cm³/mol. The molecule has 0 spiro atoms. The van der Waals surface area contributed by atoms with Crippen molar-refractivity contribution in [1.29, 1.82) is 0 Å². The summed E-state index contributed by atoms with van der Waals surface area (Å²) in [6.07, 6.45) is 1.49. The average Bonchev–Trinajstić information content (AvgIpc) is 2.82. The van der Waals surface area contributed by atoms with E-state index in [-0.39, 0.29) is 5.41 Å². The van der Waals surface area contributed by atoms with E-state index < -0.39 is 0 Å². The van der Waals surface area contributed by atoms with E-state index in [1.54, 1.807) is 0 Å². The minimum atomic E-state index is 0.0103. The summed E-state index contributed by atoms with van der Waals surface area (Å²) in [5.74, 6) is 1.71. The first-order valence-corrected chi connectivity index (χ1v) is 7.01. The Morgan fingerprint density at radius 2 is 2.16 bits per heavy atom. The Balaban J connectivity index is 2.31. The van der Waals surface area contributed by atoms with Gasteiger partial charge in [-0.1, -0.05) is 27.7 Å². The highest BCUT2D eigenvalue weighted by atomic mass is 32.1. The summed E-state index contributed by atoms with van der Waals surface area (Å²) >= 11 is 4.33. The second-order valence-corrected chi connectivity index (χ2v) is 6.09. The van der Waals surface area contributed by atoms with Gasteiger partial charge in [-0.15, -0.1) is 14.8 Å². The summed E-state index contributed by atoms with van der Waals surface area (Å²) < 4.78 is 7.38. The van der Waals surface area contributed by atoms with Crippen molar-refractivity contribution in [2.75, 3.05) is 12.4 Å². The molecule has 0 aliphatic carbocycles. The third-order valence-corrected chi connectivity index (χ3v) is 3.78. The van der Waals surface area contributed by atoms with E-state index in [0.29, 0.717) is 18.4 Å². The number of hydrogen-bond acceptors (Lipinski definition) is 5. The molecule has 0 aliphatic rings. The second kappa shape index (κ2) is 5.36. The molecule has 0 aromatic carbocycles.